The van der Waals surface area contributed by atoms with E-state index in [-0.39, 0.29) is 11.5 Å². The van der Waals surface area contributed by atoms with Gasteiger partial charge in [0.05, 0.1) is 17.5 Å². The van der Waals surface area contributed by atoms with Gasteiger partial charge in [0, 0.05) is 0 Å². The van der Waals surface area contributed by atoms with Crippen molar-refractivity contribution in [3.8, 4) is 0 Å². The summed E-state index contributed by atoms with van der Waals surface area (Å²) < 4.78 is 25.7. The highest BCUT2D eigenvalue weighted by Gasteiger charge is 2.13. The van der Waals surface area contributed by atoms with Crippen LogP contribution >= 0.6 is 0 Å². The van der Waals surface area contributed by atoms with Crippen LogP contribution in [0.2, 0.25) is 0 Å². The summed E-state index contributed by atoms with van der Waals surface area (Å²) in [5, 5.41) is 0. The second kappa shape index (κ2) is 4.83. The van der Waals surface area contributed by atoms with E-state index in [1.165, 1.54) is 18.2 Å². The minimum Gasteiger partial charge on any atom is -0.370 e. The number of nitrogens with zero attached hydrogens (tertiary/aromatic N) is 1. The van der Waals surface area contributed by atoms with E-state index in [9.17, 15) is 13.2 Å². The Balaban J connectivity index is 3.00. The minimum absolute atomic E-state index is 0.0397. The van der Waals surface area contributed by atoms with E-state index in [0.29, 0.717) is 5.69 Å². The predicted molar refractivity (Wildman–Crippen MR) is 62.2 cm³/mol. The fourth-order valence-corrected chi connectivity index (χ4v) is 1.41. The normalized spacial score (nSPS) is 10.6. The van der Waals surface area contributed by atoms with Gasteiger partial charge in [0.25, 0.3) is 0 Å². The monoisotopic (exact) mass is 257 g/mol. The molecule has 0 atom stereocenters. The maximum absolute atomic E-state index is 11.4. The Morgan fingerprint density at radius 3 is 2.53 bits per heavy atom. The number of aliphatic imine (C=N–C) groups is 1. The van der Waals surface area contributed by atoms with Gasteiger partial charge in [-0.15, -0.1) is 0 Å². The first kappa shape index (κ1) is 13.0. The Morgan fingerprint density at radius 2 is 2.00 bits per heavy atom. The molecule has 0 unspecified atom stereocenters. The van der Waals surface area contributed by atoms with Crippen LogP contribution < -0.4 is 11.5 Å². The lowest BCUT2D eigenvalue weighted by atomic mass is 10.2. The number of hydrogen-bond donors (Lipinski definition) is 2. The third kappa shape index (κ3) is 4.51. The molecule has 1 aromatic carbocycles. The van der Waals surface area contributed by atoms with Crippen LogP contribution in [0.4, 0.5) is 5.69 Å². The highest BCUT2D eigenvalue weighted by molar-refractivity contribution is 7.86. The molecule has 0 spiro atoms. The molecule has 7 nitrogen and oxygen atoms in total. The van der Waals surface area contributed by atoms with Crippen molar-refractivity contribution in [3.63, 3.8) is 0 Å². The van der Waals surface area contributed by atoms with Gasteiger partial charge in [0.2, 0.25) is 0 Å². The Kier molecular flexibility index (Phi) is 3.69. The number of nitrogens with two attached hydrogens (primary N) is 2. The zero-order valence-electron chi connectivity index (χ0n) is 8.95. The van der Waals surface area contributed by atoms with Crippen LogP contribution in [0, 0.1) is 0 Å². The molecule has 0 amide bonds. The maximum Gasteiger partial charge on any atom is 0.353 e. The molecule has 0 saturated heterocycles. The van der Waals surface area contributed by atoms with Crippen molar-refractivity contribution in [2.45, 2.75) is 0 Å². The third-order valence-corrected chi connectivity index (χ3v) is 2.02. The van der Waals surface area contributed by atoms with Crippen LogP contribution in [0.25, 0.3) is 0 Å². The Hall–Kier alpha value is -2.09. The standard InChI is InChI=1S/C9H11N3O4S/c1-17(14,15)16-8(13)6-3-2-4-7(5-6)12-9(10)11/h2-5H,1H3,(H4,10,11,12). The van der Waals surface area contributed by atoms with Gasteiger partial charge >= 0.3 is 16.1 Å². The average Bonchev–Trinajstić information content (AvgIpc) is 2.14. The zero-order chi connectivity index (χ0) is 13.1. The van der Waals surface area contributed by atoms with Crippen LogP contribution in [-0.4, -0.2) is 26.6 Å². The van der Waals surface area contributed by atoms with Crippen molar-refractivity contribution in [2.24, 2.45) is 16.5 Å². The quantitative estimate of drug-likeness (QED) is 0.435. The summed E-state index contributed by atoms with van der Waals surface area (Å²) in [5.41, 5.74) is 10.7. The number of carbonyl (C=O) groups is 1. The summed E-state index contributed by atoms with van der Waals surface area (Å²) in [5.74, 6) is -1.15. The summed E-state index contributed by atoms with van der Waals surface area (Å²) in [7, 11) is -3.84. The van der Waals surface area contributed by atoms with Crippen molar-refractivity contribution in [2.75, 3.05) is 6.26 Å². The average molecular weight is 257 g/mol. The third-order valence-electron chi connectivity index (χ3n) is 1.57. The Bertz CT molecular complexity index is 561. The van der Waals surface area contributed by atoms with Gasteiger partial charge in [0.1, 0.15) is 0 Å². The Morgan fingerprint density at radius 1 is 1.35 bits per heavy atom. The fraction of sp³-hybridized carbons (Fsp3) is 0.111. The molecule has 0 aliphatic carbocycles. The van der Waals surface area contributed by atoms with E-state index in [1.54, 1.807) is 6.07 Å². The molecule has 0 bridgehead atoms. The van der Waals surface area contributed by atoms with Crippen LogP contribution in [0.15, 0.2) is 29.3 Å². The number of guanidine groups is 1. The van der Waals surface area contributed by atoms with Crippen LogP contribution in [0.3, 0.4) is 0 Å². The number of benzene rings is 1. The van der Waals surface area contributed by atoms with Crippen LogP contribution in [0.1, 0.15) is 10.4 Å². The van der Waals surface area contributed by atoms with E-state index >= 15 is 0 Å². The van der Waals surface area contributed by atoms with Crippen molar-refractivity contribution in [3.05, 3.63) is 29.8 Å². The Labute approximate surface area is 98.2 Å². The molecule has 17 heavy (non-hydrogen) atoms. The van der Waals surface area contributed by atoms with E-state index in [0.717, 1.165) is 6.26 Å². The lowest BCUT2D eigenvalue weighted by Gasteiger charge is -2.02. The molecule has 0 heterocycles. The molecule has 0 saturated carbocycles. The second-order valence-corrected chi connectivity index (χ2v) is 4.74. The predicted octanol–water partition coefficient (Wildman–Crippen LogP) is -0.292. The molecule has 1 aromatic rings. The van der Waals surface area contributed by atoms with E-state index in [2.05, 4.69) is 9.18 Å². The van der Waals surface area contributed by atoms with Gasteiger partial charge in [-0.05, 0) is 18.2 Å². The summed E-state index contributed by atoms with van der Waals surface area (Å²) in [6, 6.07) is 5.75. The maximum atomic E-state index is 11.4. The summed E-state index contributed by atoms with van der Waals surface area (Å²) >= 11 is 0. The topological polar surface area (TPSA) is 125 Å². The minimum atomic E-state index is -3.84. The van der Waals surface area contributed by atoms with Crippen LogP contribution in [-0.2, 0) is 14.3 Å². The van der Waals surface area contributed by atoms with Crippen molar-refractivity contribution >= 4 is 27.7 Å². The van der Waals surface area contributed by atoms with E-state index in [4.69, 9.17) is 11.5 Å². The van der Waals surface area contributed by atoms with E-state index in [1.807, 2.05) is 0 Å². The SMILES string of the molecule is CS(=O)(=O)OC(=O)c1cccc(N=C(N)N)c1. The number of rotatable bonds is 3. The van der Waals surface area contributed by atoms with Gasteiger partial charge < -0.3 is 15.7 Å². The fourth-order valence-electron chi connectivity index (χ4n) is 1.04. The molecular formula is C9H11N3O4S. The molecule has 0 aromatic heterocycles. The highest BCUT2D eigenvalue weighted by atomic mass is 32.2. The van der Waals surface area contributed by atoms with E-state index < -0.39 is 16.1 Å². The van der Waals surface area contributed by atoms with Gasteiger partial charge in [-0.1, -0.05) is 6.07 Å². The highest BCUT2D eigenvalue weighted by Crippen LogP contribution is 2.15. The molecule has 8 heteroatoms. The molecule has 0 aliphatic rings. The number of carbonyl (C=O) groups excluding carboxylic acids is 1. The first-order valence-corrected chi connectivity index (χ1v) is 6.23. The van der Waals surface area contributed by atoms with Gasteiger partial charge in [0.15, 0.2) is 5.96 Å². The van der Waals surface area contributed by atoms with Gasteiger partial charge in [-0.2, -0.15) is 8.42 Å². The van der Waals surface area contributed by atoms with Crippen LogP contribution in [0.5, 0.6) is 0 Å². The molecular weight excluding hydrogens is 246 g/mol. The molecule has 92 valence electrons. The lowest BCUT2D eigenvalue weighted by Crippen LogP contribution is -2.21. The molecule has 4 N–H and O–H groups in total. The number of hydrogen-bond acceptors (Lipinski definition) is 5. The summed E-state index contributed by atoms with van der Waals surface area (Å²) in [6.45, 7) is 0. The van der Waals surface area contributed by atoms with Gasteiger partial charge in [-0.3, -0.25) is 0 Å². The summed E-state index contributed by atoms with van der Waals surface area (Å²) in [6.07, 6.45) is 0.783. The summed E-state index contributed by atoms with van der Waals surface area (Å²) in [4.78, 5) is 15.1. The molecule has 0 fully saturated rings. The first-order valence-electron chi connectivity index (χ1n) is 4.41. The molecule has 0 radical (unpaired) electrons. The first-order chi connectivity index (χ1) is 7.78. The van der Waals surface area contributed by atoms with Gasteiger partial charge in [-0.25, -0.2) is 9.79 Å². The van der Waals surface area contributed by atoms with Crippen molar-refractivity contribution in [1.82, 2.24) is 0 Å². The zero-order valence-corrected chi connectivity index (χ0v) is 9.77. The van der Waals surface area contributed by atoms with Crippen molar-refractivity contribution in [1.29, 1.82) is 0 Å². The largest absolute Gasteiger partial charge is 0.370 e. The lowest BCUT2D eigenvalue weighted by molar-refractivity contribution is 0.0748. The van der Waals surface area contributed by atoms with Crippen molar-refractivity contribution < 1.29 is 17.4 Å². The molecule has 0 aliphatic heterocycles. The smallest absolute Gasteiger partial charge is 0.353 e. The second-order valence-electron chi connectivity index (χ2n) is 3.16. The molecule has 1 rings (SSSR count).